The second-order valence-corrected chi connectivity index (χ2v) is 7.05. The third-order valence-electron chi connectivity index (χ3n) is 4.79. The van der Waals surface area contributed by atoms with Crippen molar-refractivity contribution in [1.82, 2.24) is 14.7 Å². The standard InChI is InChI=1S/C23H27N3O4/c1-4-14-30-21-11-9-17-7-5-6-8-18(17)19(21)16-25(2)23(28)20-10-12-22(27)26(24-20)13-15-29-3/h5-12H,4,13-16H2,1-3H3. The maximum atomic E-state index is 13.0. The Labute approximate surface area is 175 Å². The molecule has 3 aromatic rings. The molecule has 0 bridgehead atoms. The summed E-state index contributed by atoms with van der Waals surface area (Å²) in [6.45, 7) is 3.65. The predicted molar refractivity (Wildman–Crippen MR) is 116 cm³/mol. The van der Waals surface area contributed by atoms with Gasteiger partial charge in [0.1, 0.15) is 11.4 Å². The number of rotatable bonds is 9. The van der Waals surface area contributed by atoms with Gasteiger partial charge in [0.05, 0.1) is 19.8 Å². The molecule has 158 valence electrons. The van der Waals surface area contributed by atoms with Gasteiger partial charge in [0.15, 0.2) is 0 Å². The number of hydrogen-bond donors (Lipinski definition) is 0. The van der Waals surface area contributed by atoms with E-state index in [0.717, 1.165) is 28.5 Å². The third-order valence-corrected chi connectivity index (χ3v) is 4.79. The fraction of sp³-hybridized carbons (Fsp3) is 0.348. The number of benzene rings is 2. The van der Waals surface area contributed by atoms with Crippen LogP contribution in [0.4, 0.5) is 0 Å². The zero-order valence-corrected chi connectivity index (χ0v) is 17.6. The molecule has 0 aliphatic heterocycles. The number of ether oxygens (including phenoxy) is 2. The van der Waals surface area contributed by atoms with Gasteiger partial charge in [0, 0.05) is 32.3 Å². The van der Waals surface area contributed by atoms with Gasteiger partial charge in [-0.2, -0.15) is 5.10 Å². The molecule has 0 fully saturated rings. The van der Waals surface area contributed by atoms with Crippen LogP contribution in [0.1, 0.15) is 29.4 Å². The highest BCUT2D eigenvalue weighted by Gasteiger charge is 2.18. The van der Waals surface area contributed by atoms with Gasteiger partial charge in [-0.1, -0.05) is 37.3 Å². The molecule has 1 aromatic heterocycles. The van der Waals surface area contributed by atoms with Crippen LogP contribution in [0.15, 0.2) is 53.3 Å². The van der Waals surface area contributed by atoms with Crippen molar-refractivity contribution in [3.05, 3.63) is 70.1 Å². The molecule has 7 nitrogen and oxygen atoms in total. The molecule has 0 unspecified atom stereocenters. The van der Waals surface area contributed by atoms with Crippen LogP contribution in [0.5, 0.6) is 5.75 Å². The predicted octanol–water partition coefficient (Wildman–Crippen LogP) is 3.10. The van der Waals surface area contributed by atoms with Crippen molar-refractivity contribution in [2.75, 3.05) is 27.4 Å². The average Bonchev–Trinajstić information content (AvgIpc) is 2.77. The maximum Gasteiger partial charge on any atom is 0.274 e. The van der Waals surface area contributed by atoms with Crippen molar-refractivity contribution in [3.8, 4) is 5.75 Å². The number of carbonyl (C=O) groups excluding carboxylic acids is 1. The van der Waals surface area contributed by atoms with Crippen molar-refractivity contribution in [2.45, 2.75) is 26.4 Å². The minimum Gasteiger partial charge on any atom is -0.493 e. The molecule has 0 aliphatic rings. The molecule has 2 aromatic carbocycles. The van der Waals surface area contributed by atoms with Crippen LogP contribution in [-0.4, -0.2) is 48.0 Å². The van der Waals surface area contributed by atoms with Crippen molar-refractivity contribution in [1.29, 1.82) is 0 Å². The molecule has 1 heterocycles. The van der Waals surface area contributed by atoms with Crippen LogP contribution in [0.25, 0.3) is 10.8 Å². The second-order valence-electron chi connectivity index (χ2n) is 7.05. The Morgan fingerprint density at radius 2 is 1.90 bits per heavy atom. The third kappa shape index (κ3) is 4.86. The van der Waals surface area contributed by atoms with Gasteiger partial charge in [0.25, 0.3) is 11.5 Å². The summed E-state index contributed by atoms with van der Waals surface area (Å²) in [6, 6.07) is 14.8. The van der Waals surface area contributed by atoms with Gasteiger partial charge in [-0.3, -0.25) is 9.59 Å². The van der Waals surface area contributed by atoms with E-state index in [2.05, 4.69) is 12.0 Å². The molecule has 7 heteroatoms. The van der Waals surface area contributed by atoms with E-state index in [1.54, 1.807) is 19.1 Å². The van der Waals surface area contributed by atoms with Crippen LogP contribution < -0.4 is 10.3 Å². The Kier molecular flexibility index (Phi) is 7.19. The maximum absolute atomic E-state index is 13.0. The van der Waals surface area contributed by atoms with Gasteiger partial charge in [-0.25, -0.2) is 4.68 Å². The van der Waals surface area contributed by atoms with E-state index in [-0.39, 0.29) is 17.2 Å². The van der Waals surface area contributed by atoms with E-state index >= 15 is 0 Å². The van der Waals surface area contributed by atoms with Gasteiger partial charge in [-0.05, 0) is 29.3 Å². The lowest BCUT2D eigenvalue weighted by molar-refractivity contribution is 0.0775. The topological polar surface area (TPSA) is 73.7 Å². The molecule has 0 spiro atoms. The van der Waals surface area contributed by atoms with E-state index in [1.807, 2.05) is 36.4 Å². The summed E-state index contributed by atoms with van der Waals surface area (Å²) < 4.78 is 12.2. The van der Waals surface area contributed by atoms with Crippen molar-refractivity contribution in [3.63, 3.8) is 0 Å². The van der Waals surface area contributed by atoms with Gasteiger partial charge >= 0.3 is 0 Å². The Balaban J connectivity index is 1.90. The Hall–Kier alpha value is -3.19. The number of aromatic nitrogens is 2. The average molecular weight is 409 g/mol. The summed E-state index contributed by atoms with van der Waals surface area (Å²) in [5, 5.41) is 6.34. The van der Waals surface area contributed by atoms with Gasteiger partial charge in [0.2, 0.25) is 0 Å². The largest absolute Gasteiger partial charge is 0.493 e. The van der Waals surface area contributed by atoms with Crippen LogP contribution in [0, 0.1) is 0 Å². The Bertz CT molecular complexity index is 1080. The van der Waals surface area contributed by atoms with E-state index in [0.29, 0.717) is 26.3 Å². The fourth-order valence-electron chi connectivity index (χ4n) is 3.23. The number of hydrogen-bond acceptors (Lipinski definition) is 5. The smallest absolute Gasteiger partial charge is 0.274 e. The van der Waals surface area contributed by atoms with E-state index in [9.17, 15) is 9.59 Å². The number of methoxy groups -OCH3 is 1. The Morgan fingerprint density at radius 3 is 2.67 bits per heavy atom. The monoisotopic (exact) mass is 409 g/mol. The summed E-state index contributed by atoms with van der Waals surface area (Å²) in [6.07, 6.45) is 0.897. The molecule has 0 aliphatic carbocycles. The van der Waals surface area contributed by atoms with Crippen LogP contribution in [0.2, 0.25) is 0 Å². The highest BCUT2D eigenvalue weighted by atomic mass is 16.5. The van der Waals surface area contributed by atoms with Crippen molar-refractivity contribution in [2.24, 2.45) is 0 Å². The first kappa shape index (κ1) is 21.5. The molecule has 0 atom stereocenters. The summed E-state index contributed by atoms with van der Waals surface area (Å²) in [4.78, 5) is 26.6. The second kappa shape index (κ2) is 10.0. The van der Waals surface area contributed by atoms with E-state index in [1.165, 1.54) is 16.8 Å². The van der Waals surface area contributed by atoms with E-state index in [4.69, 9.17) is 9.47 Å². The van der Waals surface area contributed by atoms with Crippen LogP contribution in [-0.2, 0) is 17.8 Å². The summed E-state index contributed by atoms with van der Waals surface area (Å²) >= 11 is 0. The fourth-order valence-corrected chi connectivity index (χ4v) is 3.23. The first-order valence-corrected chi connectivity index (χ1v) is 10.0. The molecule has 0 N–H and O–H groups in total. The zero-order valence-electron chi connectivity index (χ0n) is 17.6. The molecule has 0 saturated heterocycles. The lowest BCUT2D eigenvalue weighted by atomic mass is 10.0. The summed E-state index contributed by atoms with van der Waals surface area (Å²) in [5.74, 6) is 0.503. The van der Waals surface area contributed by atoms with Crippen molar-refractivity contribution < 1.29 is 14.3 Å². The van der Waals surface area contributed by atoms with Gasteiger partial charge in [-0.15, -0.1) is 0 Å². The number of carbonyl (C=O) groups is 1. The lowest BCUT2D eigenvalue weighted by Crippen LogP contribution is -2.31. The van der Waals surface area contributed by atoms with Gasteiger partial charge < -0.3 is 14.4 Å². The minimum atomic E-state index is -0.268. The zero-order chi connectivity index (χ0) is 21.5. The van der Waals surface area contributed by atoms with Crippen molar-refractivity contribution >= 4 is 16.7 Å². The molecule has 30 heavy (non-hydrogen) atoms. The number of nitrogens with zero attached hydrogens (tertiary/aromatic N) is 3. The quantitative estimate of drug-likeness (QED) is 0.543. The van der Waals surface area contributed by atoms with Crippen LogP contribution in [0.3, 0.4) is 0 Å². The molecule has 1 amide bonds. The van der Waals surface area contributed by atoms with Crippen LogP contribution >= 0.6 is 0 Å². The minimum absolute atomic E-state index is 0.212. The highest BCUT2D eigenvalue weighted by Crippen LogP contribution is 2.29. The number of amides is 1. The molecular weight excluding hydrogens is 382 g/mol. The SMILES string of the molecule is CCCOc1ccc2ccccc2c1CN(C)C(=O)c1ccc(=O)n(CCOC)n1. The first-order valence-electron chi connectivity index (χ1n) is 10.0. The van der Waals surface area contributed by atoms with E-state index < -0.39 is 0 Å². The highest BCUT2D eigenvalue weighted by molar-refractivity contribution is 5.93. The lowest BCUT2D eigenvalue weighted by Gasteiger charge is -2.21. The Morgan fingerprint density at radius 1 is 1.10 bits per heavy atom. The number of fused-ring (bicyclic) bond motifs is 1. The normalized spacial score (nSPS) is 10.9. The molecular formula is C23H27N3O4. The molecule has 3 rings (SSSR count). The summed E-state index contributed by atoms with van der Waals surface area (Å²) in [7, 11) is 3.27. The molecule has 0 saturated carbocycles. The summed E-state index contributed by atoms with van der Waals surface area (Å²) in [5.41, 5.74) is 0.894. The first-order chi connectivity index (χ1) is 14.5. The molecule has 0 radical (unpaired) electrons.